The zero-order valence-electron chi connectivity index (χ0n) is 10.7. The first-order valence-electron chi connectivity index (χ1n) is 6.33. The second kappa shape index (κ2) is 6.29. The molecule has 20 heavy (non-hydrogen) atoms. The van der Waals surface area contributed by atoms with Crippen molar-refractivity contribution in [2.24, 2.45) is 0 Å². The molecule has 1 aliphatic heterocycles. The van der Waals surface area contributed by atoms with Crippen LogP contribution in [-0.4, -0.2) is 35.1 Å². The molecule has 0 spiro atoms. The minimum absolute atomic E-state index is 0.235. The maximum absolute atomic E-state index is 11.9. The lowest BCUT2D eigenvalue weighted by molar-refractivity contribution is 0.102. The Balaban J connectivity index is 1.54. The molecule has 0 saturated carbocycles. The first kappa shape index (κ1) is 13.5. The molecule has 3 rings (SSSR count). The summed E-state index contributed by atoms with van der Waals surface area (Å²) in [4.78, 5) is 20.2. The molecule has 6 nitrogen and oxygen atoms in total. The van der Waals surface area contributed by atoms with Gasteiger partial charge in [-0.2, -0.15) is 0 Å². The van der Waals surface area contributed by atoms with Crippen LogP contribution in [0.15, 0.2) is 17.0 Å². The van der Waals surface area contributed by atoms with Crippen LogP contribution in [0.3, 0.4) is 0 Å². The fourth-order valence-corrected chi connectivity index (χ4v) is 3.14. The molecule has 1 atom stereocenters. The number of rotatable bonds is 5. The zero-order valence-corrected chi connectivity index (χ0v) is 12.3. The van der Waals surface area contributed by atoms with Gasteiger partial charge < -0.3 is 10.1 Å². The van der Waals surface area contributed by atoms with Gasteiger partial charge in [-0.05, 0) is 12.8 Å². The van der Waals surface area contributed by atoms with Gasteiger partial charge >= 0.3 is 0 Å². The van der Waals surface area contributed by atoms with Crippen LogP contribution in [-0.2, 0) is 4.74 Å². The van der Waals surface area contributed by atoms with E-state index in [1.807, 2.05) is 5.38 Å². The summed E-state index contributed by atoms with van der Waals surface area (Å²) in [5.41, 5.74) is 0.403. The van der Waals surface area contributed by atoms with Crippen LogP contribution in [0.2, 0.25) is 0 Å². The molecular formula is C12H14N4O2S2. The number of ether oxygens (including phenoxy) is 1. The molecule has 1 aliphatic rings. The molecule has 2 aromatic rings. The summed E-state index contributed by atoms with van der Waals surface area (Å²) in [5, 5.41) is 10.8. The standard InChI is InChI=1S/C12H14N4O2S2/c17-10(16-11-13-3-5-19-11)9-7-20-12(15-9)14-6-8-2-1-4-18-8/h3,5,7-8H,1-2,4,6H2,(H,14,15)(H,13,16,17). The number of amides is 1. The number of aromatic nitrogens is 2. The number of carbonyl (C=O) groups is 1. The molecule has 1 unspecified atom stereocenters. The van der Waals surface area contributed by atoms with E-state index >= 15 is 0 Å². The van der Waals surface area contributed by atoms with Crippen molar-refractivity contribution in [1.29, 1.82) is 0 Å². The van der Waals surface area contributed by atoms with Crippen LogP contribution in [0.5, 0.6) is 0 Å². The number of thiazole rings is 2. The zero-order chi connectivity index (χ0) is 13.8. The number of hydrogen-bond acceptors (Lipinski definition) is 7. The largest absolute Gasteiger partial charge is 0.376 e. The van der Waals surface area contributed by atoms with E-state index in [9.17, 15) is 4.79 Å². The average molecular weight is 310 g/mol. The van der Waals surface area contributed by atoms with Gasteiger partial charge in [0.25, 0.3) is 5.91 Å². The monoisotopic (exact) mass is 310 g/mol. The summed E-state index contributed by atoms with van der Waals surface area (Å²) in [7, 11) is 0. The first-order valence-corrected chi connectivity index (χ1v) is 8.09. The third-order valence-electron chi connectivity index (χ3n) is 2.89. The second-order valence-electron chi connectivity index (χ2n) is 4.35. The highest BCUT2D eigenvalue weighted by atomic mass is 32.1. The van der Waals surface area contributed by atoms with Crippen molar-refractivity contribution < 1.29 is 9.53 Å². The molecule has 2 N–H and O–H groups in total. The van der Waals surface area contributed by atoms with Crippen LogP contribution >= 0.6 is 22.7 Å². The minimum Gasteiger partial charge on any atom is -0.376 e. The third kappa shape index (κ3) is 3.33. The Kier molecular flexibility index (Phi) is 4.24. The third-order valence-corrected chi connectivity index (χ3v) is 4.38. The molecule has 1 fully saturated rings. The minimum atomic E-state index is -0.235. The molecule has 3 heterocycles. The van der Waals surface area contributed by atoms with Crippen LogP contribution in [0.1, 0.15) is 23.3 Å². The lowest BCUT2D eigenvalue weighted by Gasteiger charge is -2.08. The predicted octanol–water partition coefficient (Wildman–Crippen LogP) is 2.44. The number of nitrogens with zero attached hydrogens (tertiary/aromatic N) is 2. The molecular weight excluding hydrogens is 296 g/mol. The Hall–Kier alpha value is -1.51. The molecule has 1 saturated heterocycles. The van der Waals surface area contributed by atoms with Gasteiger partial charge in [0.15, 0.2) is 10.3 Å². The van der Waals surface area contributed by atoms with E-state index in [4.69, 9.17) is 4.74 Å². The number of carbonyl (C=O) groups excluding carboxylic acids is 1. The second-order valence-corrected chi connectivity index (χ2v) is 6.10. The normalized spacial score (nSPS) is 18.1. The number of anilines is 2. The summed E-state index contributed by atoms with van der Waals surface area (Å²) in [6.07, 6.45) is 4.10. The topological polar surface area (TPSA) is 76.1 Å². The predicted molar refractivity (Wildman–Crippen MR) is 79.6 cm³/mol. The van der Waals surface area contributed by atoms with Crippen LogP contribution in [0, 0.1) is 0 Å². The van der Waals surface area contributed by atoms with E-state index < -0.39 is 0 Å². The Morgan fingerprint density at radius 1 is 1.45 bits per heavy atom. The molecule has 0 radical (unpaired) electrons. The van der Waals surface area contributed by atoms with E-state index in [0.717, 1.165) is 31.1 Å². The van der Waals surface area contributed by atoms with Crippen LogP contribution < -0.4 is 10.6 Å². The maximum atomic E-state index is 11.9. The smallest absolute Gasteiger partial charge is 0.276 e. The highest BCUT2D eigenvalue weighted by Crippen LogP contribution is 2.19. The van der Waals surface area contributed by atoms with E-state index in [1.54, 1.807) is 11.6 Å². The molecule has 0 bridgehead atoms. The maximum Gasteiger partial charge on any atom is 0.276 e. The summed E-state index contributed by atoms with van der Waals surface area (Å²) < 4.78 is 5.53. The van der Waals surface area contributed by atoms with Crippen LogP contribution in [0.4, 0.5) is 10.3 Å². The highest BCUT2D eigenvalue weighted by Gasteiger charge is 2.16. The molecule has 2 aromatic heterocycles. The van der Waals surface area contributed by atoms with Crippen molar-refractivity contribution >= 4 is 38.8 Å². The summed E-state index contributed by atoms with van der Waals surface area (Å²) in [6.45, 7) is 1.58. The van der Waals surface area contributed by atoms with E-state index in [0.29, 0.717) is 10.8 Å². The van der Waals surface area contributed by atoms with Crippen molar-refractivity contribution in [2.45, 2.75) is 18.9 Å². The van der Waals surface area contributed by atoms with Crippen LogP contribution in [0.25, 0.3) is 0 Å². The Morgan fingerprint density at radius 3 is 3.15 bits per heavy atom. The first-order chi connectivity index (χ1) is 9.81. The van der Waals surface area contributed by atoms with Gasteiger partial charge in [0.05, 0.1) is 6.10 Å². The van der Waals surface area contributed by atoms with Crippen molar-refractivity contribution in [3.63, 3.8) is 0 Å². The van der Waals surface area contributed by atoms with Gasteiger partial charge in [0, 0.05) is 30.1 Å². The van der Waals surface area contributed by atoms with Gasteiger partial charge in [0.2, 0.25) is 0 Å². The van der Waals surface area contributed by atoms with Crippen molar-refractivity contribution in [2.75, 3.05) is 23.8 Å². The summed E-state index contributed by atoms with van der Waals surface area (Å²) >= 11 is 2.80. The highest BCUT2D eigenvalue weighted by molar-refractivity contribution is 7.14. The SMILES string of the molecule is O=C(Nc1nccs1)c1csc(NCC2CCCO2)n1. The molecule has 106 valence electrons. The fourth-order valence-electron chi connectivity index (χ4n) is 1.91. The summed E-state index contributed by atoms with van der Waals surface area (Å²) in [5.74, 6) is -0.235. The van der Waals surface area contributed by atoms with Gasteiger partial charge in [-0.25, -0.2) is 9.97 Å². The summed E-state index contributed by atoms with van der Waals surface area (Å²) in [6, 6.07) is 0. The van der Waals surface area contributed by atoms with E-state index in [2.05, 4.69) is 20.6 Å². The van der Waals surface area contributed by atoms with E-state index in [1.165, 1.54) is 22.7 Å². The van der Waals surface area contributed by atoms with Gasteiger partial charge in [0.1, 0.15) is 5.69 Å². The lowest BCUT2D eigenvalue weighted by atomic mass is 10.2. The molecule has 0 aromatic carbocycles. The van der Waals surface area contributed by atoms with Crippen molar-refractivity contribution in [3.8, 4) is 0 Å². The molecule has 8 heteroatoms. The molecule has 0 aliphatic carbocycles. The Morgan fingerprint density at radius 2 is 2.40 bits per heavy atom. The Labute approximate surface area is 124 Å². The van der Waals surface area contributed by atoms with Crippen molar-refractivity contribution in [3.05, 3.63) is 22.7 Å². The van der Waals surface area contributed by atoms with Gasteiger partial charge in [-0.3, -0.25) is 10.1 Å². The van der Waals surface area contributed by atoms with Crippen molar-refractivity contribution in [1.82, 2.24) is 9.97 Å². The van der Waals surface area contributed by atoms with Gasteiger partial charge in [-0.1, -0.05) is 0 Å². The lowest BCUT2D eigenvalue weighted by Crippen LogP contribution is -2.18. The quantitative estimate of drug-likeness (QED) is 0.887. The van der Waals surface area contributed by atoms with Gasteiger partial charge in [-0.15, -0.1) is 22.7 Å². The number of hydrogen-bond donors (Lipinski definition) is 2. The Bertz CT molecular complexity index is 564. The fraction of sp³-hybridized carbons (Fsp3) is 0.417. The molecule has 1 amide bonds. The van der Waals surface area contributed by atoms with E-state index in [-0.39, 0.29) is 12.0 Å². The number of nitrogens with one attached hydrogen (secondary N) is 2. The average Bonchev–Trinajstić information content (AvgIpc) is 3.19.